The van der Waals surface area contributed by atoms with Gasteiger partial charge in [0.1, 0.15) is 0 Å². The number of hydrogen-bond acceptors (Lipinski definition) is 5. The first kappa shape index (κ1) is 9.94. The van der Waals surface area contributed by atoms with Gasteiger partial charge in [-0.2, -0.15) is 0 Å². The number of hydrogen-bond donors (Lipinski definition) is 5. The zero-order valence-electron chi connectivity index (χ0n) is 6.94. The van der Waals surface area contributed by atoms with Gasteiger partial charge in [0.15, 0.2) is 0 Å². The Morgan fingerprint density at radius 2 is 1.69 bits per heavy atom. The van der Waals surface area contributed by atoms with Crippen molar-refractivity contribution in [3.05, 3.63) is 30.3 Å². The van der Waals surface area contributed by atoms with Gasteiger partial charge in [-0.3, -0.25) is 0 Å². The van der Waals surface area contributed by atoms with E-state index in [1.54, 1.807) is 0 Å². The van der Waals surface area contributed by atoms with Gasteiger partial charge in [0.05, 0.1) is 6.67 Å². The third-order valence-electron chi connectivity index (χ3n) is 1.39. The molecule has 1 rings (SSSR count). The monoisotopic (exact) mass is 184 g/mol. The highest BCUT2D eigenvalue weighted by Gasteiger charge is 2.15. The Morgan fingerprint density at radius 3 is 2.23 bits per heavy atom. The lowest BCUT2D eigenvalue weighted by Crippen LogP contribution is -2.46. The maximum Gasteiger partial charge on any atom is 0.344 e. The number of anilines is 1. The Morgan fingerprint density at radius 1 is 1.08 bits per heavy atom. The van der Waals surface area contributed by atoms with Gasteiger partial charge in [-0.1, -0.05) is 18.2 Å². The summed E-state index contributed by atoms with van der Waals surface area (Å²) < 4.78 is 0. The van der Waals surface area contributed by atoms with Crippen molar-refractivity contribution in [1.29, 1.82) is 0 Å². The summed E-state index contributed by atoms with van der Waals surface area (Å²) in [5.74, 6) is 0. The molecule has 1 aromatic rings. The highest BCUT2D eigenvalue weighted by Crippen LogP contribution is 2.03. The minimum Gasteiger partial charge on any atom is -0.372 e. The van der Waals surface area contributed by atoms with Crippen molar-refractivity contribution in [2.75, 3.05) is 12.0 Å². The Bertz CT molecular complexity index is 245. The summed E-state index contributed by atoms with van der Waals surface area (Å²) in [6.45, 7) is 0.0491. The van der Waals surface area contributed by atoms with E-state index in [4.69, 9.17) is 15.3 Å². The maximum absolute atomic E-state index is 8.46. The molecule has 1 aromatic carbocycles. The molecule has 0 radical (unpaired) electrons. The minimum atomic E-state index is -2.83. The minimum absolute atomic E-state index is 0.0491. The highest BCUT2D eigenvalue weighted by atomic mass is 16.7. The summed E-state index contributed by atoms with van der Waals surface area (Å²) >= 11 is 0. The number of nitrogens with one attached hydrogen (secondary N) is 2. The van der Waals surface area contributed by atoms with Crippen LogP contribution in [0.4, 0.5) is 5.69 Å². The fourth-order valence-corrected chi connectivity index (χ4v) is 0.821. The second kappa shape index (κ2) is 4.20. The van der Waals surface area contributed by atoms with E-state index < -0.39 is 6.10 Å². The van der Waals surface area contributed by atoms with Crippen LogP contribution in [0.25, 0.3) is 0 Å². The van der Waals surface area contributed by atoms with Crippen LogP contribution < -0.4 is 10.6 Å². The molecule has 0 atom stereocenters. The molecule has 0 aliphatic rings. The topological polar surface area (TPSA) is 84.8 Å². The van der Waals surface area contributed by atoms with Gasteiger partial charge in [-0.25, -0.2) is 5.32 Å². The average Bonchev–Trinajstić information content (AvgIpc) is 2.04. The molecule has 0 spiro atoms. The maximum atomic E-state index is 8.46. The summed E-state index contributed by atoms with van der Waals surface area (Å²) in [7, 11) is 0. The molecule has 0 saturated heterocycles. The fraction of sp³-hybridized carbons (Fsp3) is 0.250. The first-order valence-electron chi connectivity index (χ1n) is 3.79. The quantitative estimate of drug-likeness (QED) is 0.397. The molecule has 0 heterocycles. The number of benzene rings is 1. The number of rotatable bonds is 4. The van der Waals surface area contributed by atoms with Crippen LogP contribution in [0.1, 0.15) is 0 Å². The molecular weight excluding hydrogens is 172 g/mol. The van der Waals surface area contributed by atoms with Crippen LogP contribution in [0.15, 0.2) is 30.3 Å². The van der Waals surface area contributed by atoms with Crippen LogP contribution in [0.2, 0.25) is 0 Å². The van der Waals surface area contributed by atoms with Crippen molar-refractivity contribution in [3.8, 4) is 0 Å². The molecule has 5 N–H and O–H groups in total. The SMILES string of the molecule is OC(O)(O)NCNc1ccccc1. The first-order valence-corrected chi connectivity index (χ1v) is 3.79. The molecule has 0 aromatic heterocycles. The molecular formula is C8H12N2O3. The number of para-hydroxylation sites is 1. The molecule has 0 saturated carbocycles. The van der Waals surface area contributed by atoms with Crippen LogP contribution in [0, 0.1) is 0 Å². The van der Waals surface area contributed by atoms with Crippen LogP contribution in [0.5, 0.6) is 0 Å². The molecule has 5 nitrogen and oxygen atoms in total. The molecule has 5 heteroatoms. The summed E-state index contributed by atoms with van der Waals surface area (Å²) in [6.07, 6.45) is -2.83. The van der Waals surface area contributed by atoms with E-state index in [0.717, 1.165) is 5.69 Å². The van der Waals surface area contributed by atoms with Gasteiger partial charge in [0, 0.05) is 5.69 Å². The van der Waals surface area contributed by atoms with E-state index in [1.807, 2.05) is 35.6 Å². The predicted molar refractivity (Wildman–Crippen MR) is 47.5 cm³/mol. The zero-order valence-corrected chi connectivity index (χ0v) is 6.94. The largest absolute Gasteiger partial charge is 0.372 e. The summed E-state index contributed by atoms with van der Waals surface area (Å²) in [4.78, 5) is 0. The van der Waals surface area contributed by atoms with Gasteiger partial charge in [0.2, 0.25) is 0 Å². The van der Waals surface area contributed by atoms with Crippen molar-refractivity contribution in [2.24, 2.45) is 0 Å². The Balaban J connectivity index is 2.29. The van der Waals surface area contributed by atoms with Crippen molar-refractivity contribution >= 4 is 5.69 Å². The summed E-state index contributed by atoms with van der Waals surface area (Å²) in [5.41, 5.74) is 0.819. The van der Waals surface area contributed by atoms with Crippen molar-refractivity contribution in [3.63, 3.8) is 0 Å². The zero-order chi connectivity index (χ0) is 9.73. The lowest BCUT2D eigenvalue weighted by atomic mass is 10.3. The Labute approximate surface area is 75.6 Å². The molecule has 0 aliphatic carbocycles. The van der Waals surface area contributed by atoms with Gasteiger partial charge >= 0.3 is 6.10 Å². The average molecular weight is 184 g/mol. The van der Waals surface area contributed by atoms with Crippen LogP contribution in [0.3, 0.4) is 0 Å². The number of aliphatic hydroxyl groups is 3. The molecule has 0 fully saturated rings. The molecule has 0 aliphatic heterocycles. The Kier molecular flexibility index (Phi) is 3.21. The molecule has 72 valence electrons. The van der Waals surface area contributed by atoms with Gasteiger partial charge in [-0.05, 0) is 12.1 Å². The standard InChI is InChI=1S/C8H12N2O3/c11-8(12,13)10-6-9-7-4-2-1-3-5-7/h1-5,9-13H,6H2. The molecule has 0 unspecified atom stereocenters. The Hall–Kier alpha value is -1.14. The van der Waals surface area contributed by atoms with Crippen LogP contribution in [-0.2, 0) is 0 Å². The van der Waals surface area contributed by atoms with Gasteiger partial charge in [0.25, 0.3) is 0 Å². The first-order chi connectivity index (χ1) is 6.08. The fourth-order valence-electron chi connectivity index (χ4n) is 0.821. The molecule has 0 bridgehead atoms. The normalized spacial score (nSPS) is 11.3. The smallest absolute Gasteiger partial charge is 0.344 e. The summed E-state index contributed by atoms with van der Waals surface area (Å²) in [5, 5.41) is 30.2. The molecule has 13 heavy (non-hydrogen) atoms. The molecule has 0 amide bonds. The van der Waals surface area contributed by atoms with Gasteiger partial charge in [-0.15, -0.1) is 0 Å². The van der Waals surface area contributed by atoms with Gasteiger partial charge < -0.3 is 20.6 Å². The lowest BCUT2D eigenvalue weighted by Gasteiger charge is -2.16. The van der Waals surface area contributed by atoms with Crippen LogP contribution >= 0.6 is 0 Å². The highest BCUT2D eigenvalue weighted by molar-refractivity contribution is 5.42. The second-order valence-electron chi connectivity index (χ2n) is 2.53. The van der Waals surface area contributed by atoms with E-state index in [1.165, 1.54) is 0 Å². The predicted octanol–water partition coefficient (Wildman–Crippen LogP) is -0.766. The third kappa shape index (κ3) is 4.44. The lowest BCUT2D eigenvalue weighted by molar-refractivity contribution is -0.330. The summed E-state index contributed by atoms with van der Waals surface area (Å²) in [6, 6.07) is 9.18. The van der Waals surface area contributed by atoms with Crippen LogP contribution in [-0.4, -0.2) is 28.1 Å². The second-order valence-corrected chi connectivity index (χ2v) is 2.53. The van der Waals surface area contributed by atoms with Crippen molar-refractivity contribution < 1.29 is 15.3 Å². The van der Waals surface area contributed by atoms with E-state index in [2.05, 4.69) is 5.32 Å². The van der Waals surface area contributed by atoms with E-state index >= 15 is 0 Å². The van der Waals surface area contributed by atoms with Crippen molar-refractivity contribution in [2.45, 2.75) is 6.10 Å². The van der Waals surface area contributed by atoms with Crippen molar-refractivity contribution in [1.82, 2.24) is 5.32 Å². The third-order valence-corrected chi connectivity index (χ3v) is 1.39. The van der Waals surface area contributed by atoms with E-state index in [0.29, 0.717) is 0 Å². The van der Waals surface area contributed by atoms with E-state index in [-0.39, 0.29) is 6.67 Å². The van der Waals surface area contributed by atoms with E-state index in [9.17, 15) is 0 Å².